The standard InChI is InChI=1S/C28H27N3O6/c1-34-22-11-9-17(13-24(22)36-3)30-27(33)28(20-16-29-21-8-6-5-7-19(20)21)15-26(32)31(28)18-10-12-23(35-2)25(14-18)37-4/h5-14,16,29H,15H2,1-4H3,(H,30,33). The molecule has 37 heavy (non-hydrogen) atoms. The van der Waals surface area contributed by atoms with Crippen molar-refractivity contribution in [3.63, 3.8) is 0 Å². The molecule has 3 aromatic carbocycles. The predicted molar refractivity (Wildman–Crippen MR) is 140 cm³/mol. The number of hydrogen-bond donors (Lipinski definition) is 2. The van der Waals surface area contributed by atoms with Crippen LogP contribution < -0.4 is 29.2 Å². The third kappa shape index (κ3) is 3.79. The first-order valence-corrected chi connectivity index (χ1v) is 11.6. The van der Waals surface area contributed by atoms with Crippen LogP contribution in [0.1, 0.15) is 12.0 Å². The average Bonchev–Trinajstić information content (AvgIpc) is 3.35. The Hall–Kier alpha value is -4.66. The number of para-hydroxylation sites is 1. The van der Waals surface area contributed by atoms with E-state index in [-0.39, 0.29) is 18.2 Å². The maximum atomic E-state index is 14.2. The molecule has 1 saturated heterocycles. The number of aromatic nitrogens is 1. The van der Waals surface area contributed by atoms with E-state index in [1.165, 1.54) is 19.1 Å². The van der Waals surface area contributed by atoms with Crippen LogP contribution in [0.4, 0.5) is 11.4 Å². The van der Waals surface area contributed by atoms with Gasteiger partial charge in [0.15, 0.2) is 28.5 Å². The van der Waals surface area contributed by atoms with Crippen LogP contribution in [0.25, 0.3) is 10.9 Å². The Balaban J connectivity index is 1.64. The number of ether oxygens (including phenoxy) is 4. The third-order valence-corrected chi connectivity index (χ3v) is 6.72. The molecule has 2 heterocycles. The van der Waals surface area contributed by atoms with E-state index in [9.17, 15) is 9.59 Å². The Labute approximate surface area is 213 Å². The van der Waals surface area contributed by atoms with Crippen LogP contribution in [0, 0.1) is 0 Å². The maximum Gasteiger partial charge on any atom is 0.256 e. The molecule has 1 fully saturated rings. The molecule has 0 radical (unpaired) electrons. The number of carbonyl (C=O) groups is 2. The van der Waals surface area contributed by atoms with E-state index in [0.29, 0.717) is 39.9 Å². The number of rotatable bonds is 8. The summed E-state index contributed by atoms with van der Waals surface area (Å²) in [6.45, 7) is 0. The first kappa shape index (κ1) is 24.1. The van der Waals surface area contributed by atoms with Crippen LogP contribution >= 0.6 is 0 Å². The topological polar surface area (TPSA) is 102 Å². The van der Waals surface area contributed by atoms with Crippen LogP contribution in [0.3, 0.4) is 0 Å². The zero-order chi connectivity index (χ0) is 26.2. The zero-order valence-corrected chi connectivity index (χ0v) is 21.0. The summed E-state index contributed by atoms with van der Waals surface area (Å²) in [5, 5.41) is 3.85. The van der Waals surface area contributed by atoms with E-state index in [1.807, 2.05) is 24.3 Å². The Morgan fingerprint density at radius 1 is 0.865 bits per heavy atom. The van der Waals surface area contributed by atoms with Crippen LogP contribution in [0.2, 0.25) is 0 Å². The van der Waals surface area contributed by atoms with Crippen molar-refractivity contribution in [2.24, 2.45) is 0 Å². The van der Waals surface area contributed by atoms with Gasteiger partial charge in [-0.2, -0.15) is 0 Å². The molecule has 1 unspecified atom stereocenters. The van der Waals surface area contributed by atoms with Crippen molar-refractivity contribution >= 4 is 34.1 Å². The van der Waals surface area contributed by atoms with E-state index in [4.69, 9.17) is 18.9 Å². The first-order chi connectivity index (χ1) is 18.0. The highest BCUT2D eigenvalue weighted by molar-refractivity contribution is 6.18. The van der Waals surface area contributed by atoms with Gasteiger partial charge in [0.2, 0.25) is 5.91 Å². The zero-order valence-electron chi connectivity index (χ0n) is 21.0. The molecule has 0 bridgehead atoms. The van der Waals surface area contributed by atoms with Gasteiger partial charge < -0.3 is 29.2 Å². The lowest BCUT2D eigenvalue weighted by atomic mass is 9.75. The van der Waals surface area contributed by atoms with Crippen LogP contribution in [-0.2, 0) is 15.1 Å². The third-order valence-electron chi connectivity index (χ3n) is 6.72. The number of nitrogens with one attached hydrogen (secondary N) is 2. The van der Waals surface area contributed by atoms with Gasteiger partial charge in [0, 0.05) is 46.2 Å². The highest BCUT2D eigenvalue weighted by atomic mass is 16.5. The smallest absolute Gasteiger partial charge is 0.256 e. The molecular formula is C28H27N3O6. The lowest BCUT2D eigenvalue weighted by molar-refractivity contribution is -0.137. The van der Waals surface area contributed by atoms with Crippen molar-refractivity contribution in [3.05, 3.63) is 72.4 Å². The number of amides is 2. The van der Waals surface area contributed by atoms with Gasteiger partial charge in [-0.1, -0.05) is 18.2 Å². The van der Waals surface area contributed by atoms with Crippen LogP contribution in [0.15, 0.2) is 66.9 Å². The summed E-state index contributed by atoms with van der Waals surface area (Å²) in [5.41, 5.74) is 1.26. The number of fused-ring (bicyclic) bond motifs is 1. The summed E-state index contributed by atoms with van der Waals surface area (Å²) in [5.74, 6) is 1.43. The predicted octanol–water partition coefficient (Wildman–Crippen LogP) is 4.47. The van der Waals surface area contributed by atoms with Crippen molar-refractivity contribution in [2.75, 3.05) is 38.7 Å². The number of methoxy groups -OCH3 is 4. The van der Waals surface area contributed by atoms with Crippen molar-refractivity contribution in [1.29, 1.82) is 0 Å². The number of nitrogens with zero attached hydrogens (tertiary/aromatic N) is 1. The molecule has 0 aliphatic carbocycles. The lowest BCUT2D eigenvalue weighted by Crippen LogP contribution is -2.67. The normalized spacial score (nSPS) is 16.8. The van der Waals surface area contributed by atoms with Gasteiger partial charge in [-0.3, -0.25) is 14.5 Å². The molecule has 1 aliphatic heterocycles. The van der Waals surface area contributed by atoms with Gasteiger partial charge in [0.25, 0.3) is 5.91 Å². The van der Waals surface area contributed by atoms with Gasteiger partial charge in [-0.05, 0) is 30.3 Å². The lowest BCUT2D eigenvalue weighted by Gasteiger charge is -2.50. The van der Waals surface area contributed by atoms with Gasteiger partial charge in [0.05, 0.1) is 34.9 Å². The molecule has 0 spiro atoms. The summed E-state index contributed by atoms with van der Waals surface area (Å²) >= 11 is 0. The minimum absolute atomic E-state index is 0.0116. The number of H-pyrrole nitrogens is 1. The molecule has 1 aromatic heterocycles. The second-order valence-corrected chi connectivity index (χ2v) is 8.58. The Morgan fingerprint density at radius 3 is 2.19 bits per heavy atom. The molecular weight excluding hydrogens is 474 g/mol. The van der Waals surface area contributed by atoms with Gasteiger partial charge in [0.1, 0.15) is 0 Å². The fourth-order valence-corrected chi connectivity index (χ4v) is 4.91. The Kier molecular flexibility index (Phi) is 6.12. The van der Waals surface area contributed by atoms with Crippen molar-refractivity contribution < 1.29 is 28.5 Å². The van der Waals surface area contributed by atoms with E-state index in [0.717, 1.165) is 10.9 Å². The molecule has 0 saturated carbocycles. The second-order valence-electron chi connectivity index (χ2n) is 8.58. The molecule has 9 heteroatoms. The number of carbonyl (C=O) groups excluding carboxylic acids is 2. The summed E-state index contributed by atoms with van der Waals surface area (Å²) in [7, 11) is 6.14. The summed E-state index contributed by atoms with van der Waals surface area (Å²) in [4.78, 5) is 32.1. The highest BCUT2D eigenvalue weighted by Crippen LogP contribution is 2.49. The monoisotopic (exact) mass is 501 g/mol. The Morgan fingerprint density at radius 2 is 1.51 bits per heavy atom. The Bertz CT molecular complexity index is 1500. The number of anilines is 2. The molecule has 4 aromatic rings. The first-order valence-electron chi connectivity index (χ1n) is 11.6. The number of benzene rings is 3. The van der Waals surface area contributed by atoms with E-state index >= 15 is 0 Å². The van der Waals surface area contributed by atoms with Crippen molar-refractivity contribution in [1.82, 2.24) is 4.98 Å². The SMILES string of the molecule is COc1ccc(NC(=O)C2(c3c[nH]c4ccccc34)CC(=O)N2c2ccc(OC)c(OC)c2)cc1OC. The molecule has 1 aliphatic rings. The molecule has 1 atom stereocenters. The van der Waals surface area contributed by atoms with E-state index < -0.39 is 5.54 Å². The minimum atomic E-state index is -1.32. The molecule has 190 valence electrons. The maximum absolute atomic E-state index is 14.2. The van der Waals surface area contributed by atoms with Gasteiger partial charge in [-0.25, -0.2) is 0 Å². The van der Waals surface area contributed by atoms with Gasteiger partial charge in [-0.15, -0.1) is 0 Å². The summed E-state index contributed by atoms with van der Waals surface area (Å²) < 4.78 is 21.5. The van der Waals surface area contributed by atoms with Gasteiger partial charge >= 0.3 is 0 Å². The minimum Gasteiger partial charge on any atom is -0.493 e. The second kappa shape index (κ2) is 9.42. The number of hydrogen-bond acceptors (Lipinski definition) is 6. The average molecular weight is 502 g/mol. The van der Waals surface area contributed by atoms with E-state index in [1.54, 1.807) is 56.8 Å². The molecule has 2 N–H and O–H groups in total. The quantitative estimate of drug-likeness (QED) is 0.346. The van der Waals surface area contributed by atoms with E-state index in [2.05, 4.69) is 10.3 Å². The molecule has 2 amide bonds. The fourth-order valence-electron chi connectivity index (χ4n) is 4.91. The number of β-lactam (4-membered cyclic amide) rings is 1. The van der Waals surface area contributed by atoms with Crippen LogP contribution in [0.5, 0.6) is 23.0 Å². The number of aromatic amines is 1. The molecule has 5 rings (SSSR count). The van der Waals surface area contributed by atoms with Crippen molar-refractivity contribution in [2.45, 2.75) is 12.0 Å². The van der Waals surface area contributed by atoms with Crippen molar-refractivity contribution in [3.8, 4) is 23.0 Å². The summed E-state index contributed by atoms with van der Waals surface area (Å²) in [6.07, 6.45) is 1.78. The molecule has 9 nitrogen and oxygen atoms in total. The largest absolute Gasteiger partial charge is 0.493 e. The van der Waals surface area contributed by atoms with Crippen LogP contribution in [-0.4, -0.2) is 45.2 Å². The highest BCUT2D eigenvalue weighted by Gasteiger charge is 2.59. The fraction of sp³-hybridized carbons (Fsp3) is 0.214. The summed E-state index contributed by atoms with van der Waals surface area (Å²) in [6, 6.07) is 18.0.